The summed E-state index contributed by atoms with van der Waals surface area (Å²) in [4.78, 5) is 0. The smallest absolute Gasteiger partial charge is 0.151 e. The molecule has 4 saturated carbocycles. The third-order valence-corrected chi connectivity index (χ3v) is 8.24. The van der Waals surface area contributed by atoms with Gasteiger partial charge in [-0.15, -0.1) is 0 Å². The summed E-state index contributed by atoms with van der Waals surface area (Å²) in [5.41, 5.74) is 0.475. The van der Waals surface area contributed by atoms with Crippen LogP contribution in [0.1, 0.15) is 58.8 Å². The van der Waals surface area contributed by atoms with Gasteiger partial charge in [0.1, 0.15) is 0 Å². The largest absolute Gasteiger partial charge is 0.313 e. The minimum absolute atomic E-state index is 0.303. The maximum atomic E-state index is 11.8. The predicted octanol–water partition coefficient (Wildman–Crippen LogP) is 3.01. The quantitative estimate of drug-likeness (QED) is 0.786. The van der Waals surface area contributed by atoms with Crippen LogP contribution in [0.4, 0.5) is 0 Å². The molecule has 0 amide bonds. The zero-order chi connectivity index (χ0) is 15.1. The van der Waals surface area contributed by atoms with Crippen LogP contribution in [0.3, 0.4) is 0 Å². The van der Waals surface area contributed by atoms with Gasteiger partial charge in [-0.05, 0) is 75.0 Å². The topological polar surface area (TPSA) is 46.2 Å². The molecule has 0 aromatic rings. The van der Waals surface area contributed by atoms with E-state index >= 15 is 0 Å². The number of hydrogen-bond acceptors (Lipinski definition) is 3. The van der Waals surface area contributed by atoms with Gasteiger partial charge in [0.15, 0.2) is 9.84 Å². The first-order valence-electron chi connectivity index (χ1n) is 8.86. The lowest BCUT2D eigenvalue weighted by Gasteiger charge is -2.59. The van der Waals surface area contributed by atoms with E-state index in [2.05, 4.69) is 12.2 Å². The molecule has 4 bridgehead atoms. The lowest BCUT2D eigenvalue weighted by Crippen LogP contribution is -2.55. The van der Waals surface area contributed by atoms with Gasteiger partial charge in [-0.2, -0.15) is 0 Å². The molecule has 0 aliphatic heterocycles. The fraction of sp³-hybridized carbons (Fsp3) is 1.00. The average molecular weight is 314 g/mol. The molecule has 0 spiro atoms. The van der Waals surface area contributed by atoms with Crippen LogP contribution in [0, 0.1) is 23.2 Å². The van der Waals surface area contributed by atoms with E-state index in [1.54, 1.807) is 0 Å². The van der Waals surface area contributed by atoms with Crippen molar-refractivity contribution in [1.29, 1.82) is 0 Å². The Morgan fingerprint density at radius 1 is 1.05 bits per heavy atom. The highest BCUT2D eigenvalue weighted by atomic mass is 32.2. The lowest BCUT2D eigenvalue weighted by atomic mass is 9.48. The molecule has 4 fully saturated rings. The molecule has 1 N–H and O–H groups in total. The fourth-order valence-corrected chi connectivity index (χ4v) is 7.02. The molecule has 21 heavy (non-hydrogen) atoms. The Labute approximate surface area is 130 Å². The molecule has 0 aromatic heterocycles. The standard InChI is InChI=1S/C17H31NO2S/c1-3-5-21(19,20)6-4-18-13(2)17-10-14-7-15(11-17)9-16(8-14)12-17/h13-16,18H,3-12H2,1-2H3. The van der Waals surface area contributed by atoms with Crippen LogP contribution in [0.15, 0.2) is 0 Å². The van der Waals surface area contributed by atoms with Crippen LogP contribution in [-0.4, -0.2) is 32.5 Å². The lowest BCUT2D eigenvalue weighted by molar-refractivity contribution is -0.0700. The van der Waals surface area contributed by atoms with Gasteiger partial charge in [-0.25, -0.2) is 8.42 Å². The highest BCUT2D eigenvalue weighted by Crippen LogP contribution is 2.61. The monoisotopic (exact) mass is 313 g/mol. The summed E-state index contributed by atoms with van der Waals surface area (Å²) >= 11 is 0. The van der Waals surface area contributed by atoms with Crippen molar-refractivity contribution < 1.29 is 8.42 Å². The van der Waals surface area contributed by atoms with Gasteiger partial charge < -0.3 is 5.32 Å². The van der Waals surface area contributed by atoms with Crippen molar-refractivity contribution in [2.24, 2.45) is 23.2 Å². The highest BCUT2D eigenvalue weighted by Gasteiger charge is 2.52. The second-order valence-corrected chi connectivity index (χ2v) is 10.4. The maximum absolute atomic E-state index is 11.8. The maximum Gasteiger partial charge on any atom is 0.151 e. The molecule has 122 valence electrons. The number of sulfone groups is 1. The molecule has 0 saturated heterocycles. The second kappa shape index (κ2) is 5.84. The normalized spacial score (nSPS) is 39.6. The van der Waals surface area contributed by atoms with Crippen molar-refractivity contribution in [3.63, 3.8) is 0 Å². The van der Waals surface area contributed by atoms with Gasteiger partial charge in [-0.1, -0.05) is 6.92 Å². The van der Waals surface area contributed by atoms with E-state index in [9.17, 15) is 8.42 Å². The Morgan fingerprint density at radius 3 is 2.05 bits per heavy atom. The van der Waals surface area contributed by atoms with E-state index in [4.69, 9.17) is 0 Å². The van der Waals surface area contributed by atoms with E-state index < -0.39 is 9.84 Å². The van der Waals surface area contributed by atoms with Crippen LogP contribution >= 0.6 is 0 Å². The van der Waals surface area contributed by atoms with Crippen molar-refractivity contribution >= 4 is 9.84 Å². The van der Waals surface area contributed by atoms with Crippen LogP contribution in [0.5, 0.6) is 0 Å². The van der Waals surface area contributed by atoms with Crippen molar-refractivity contribution in [2.45, 2.75) is 64.8 Å². The Hall–Kier alpha value is -0.0900. The summed E-state index contributed by atoms with van der Waals surface area (Å²) in [5.74, 6) is 3.52. The Balaban J connectivity index is 1.55. The zero-order valence-electron chi connectivity index (χ0n) is 13.6. The molecule has 1 unspecified atom stereocenters. The van der Waals surface area contributed by atoms with Crippen LogP contribution in [0.2, 0.25) is 0 Å². The van der Waals surface area contributed by atoms with E-state index in [0.29, 0.717) is 29.5 Å². The summed E-state index contributed by atoms with van der Waals surface area (Å²) in [6.07, 6.45) is 9.29. The van der Waals surface area contributed by atoms with Gasteiger partial charge in [0.05, 0.1) is 5.75 Å². The van der Waals surface area contributed by atoms with Crippen LogP contribution < -0.4 is 5.32 Å². The molecular formula is C17H31NO2S. The first-order valence-corrected chi connectivity index (χ1v) is 10.7. The van der Waals surface area contributed by atoms with Crippen LogP contribution in [0.25, 0.3) is 0 Å². The van der Waals surface area contributed by atoms with Gasteiger partial charge >= 0.3 is 0 Å². The number of rotatable bonds is 7. The van der Waals surface area contributed by atoms with Crippen molar-refractivity contribution in [2.75, 3.05) is 18.1 Å². The van der Waals surface area contributed by atoms with E-state index in [1.165, 1.54) is 38.5 Å². The van der Waals surface area contributed by atoms with Crippen molar-refractivity contribution in [1.82, 2.24) is 5.32 Å². The molecule has 0 aromatic carbocycles. The predicted molar refractivity (Wildman–Crippen MR) is 87.0 cm³/mol. The second-order valence-electron chi connectivity index (χ2n) is 8.11. The van der Waals surface area contributed by atoms with Gasteiger partial charge in [0.25, 0.3) is 0 Å². The van der Waals surface area contributed by atoms with Crippen LogP contribution in [-0.2, 0) is 9.84 Å². The first kappa shape index (κ1) is 15.8. The zero-order valence-corrected chi connectivity index (χ0v) is 14.4. The molecule has 4 rings (SSSR count). The molecule has 4 heteroatoms. The van der Waals surface area contributed by atoms with Crippen molar-refractivity contribution in [3.05, 3.63) is 0 Å². The van der Waals surface area contributed by atoms with Gasteiger partial charge in [-0.3, -0.25) is 0 Å². The fourth-order valence-electron chi connectivity index (χ4n) is 5.77. The summed E-state index contributed by atoms with van der Waals surface area (Å²) < 4.78 is 23.6. The highest BCUT2D eigenvalue weighted by molar-refractivity contribution is 7.91. The van der Waals surface area contributed by atoms with E-state index in [0.717, 1.165) is 24.2 Å². The third kappa shape index (κ3) is 3.31. The van der Waals surface area contributed by atoms with Gasteiger partial charge in [0, 0.05) is 18.3 Å². The molecule has 0 heterocycles. The van der Waals surface area contributed by atoms with E-state index in [1.807, 2.05) is 6.92 Å². The minimum Gasteiger partial charge on any atom is -0.313 e. The molecular weight excluding hydrogens is 282 g/mol. The third-order valence-electron chi connectivity index (χ3n) is 6.38. The number of hydrogen-bond donors (Lipinski definition) is 1. The van der Waals surface area contributed by atoms with Crippen molar-refractivity contribution in [3.8, 4) is 0 Å². The summed E-state index contributed by atoms with van der Waals surface area (Å²) in [5, 5.41) is 3.57. The summed E-state index contributed by atoms with van der Waals surface area (Å²) in [6.45, 7) is 4.87. The van der Waals surface area contributed by atoms with Gasteiger partial charge in [0.2, 0.25) is 0 Å². The summed E-state index contributed by atoms with van der Waals surface area (Å²) in [6, 6.07) is 0.475. The summed E-state index contributed by atoms with van der Waals surface area (Å²) in [7, 11) is -2.85. The molecule has 0 radical (unpaired) electrons. The molecule has 4 aliphatic rings. The van der Waals surface area contributed by atoms with E-state index in [-0.39, 0.29) is 0 Å². The Morgan fingerprint density at radius 2 is 1.57 bits per heavy atom. The SMILES string of the molecule is CCCS(=O)(=O)CCNC(C)C12CC3CC(CC(C3)C1)C2. The number of nitrogens with one attached hydrogen (secondary N) is 1. The molecule has 1 atom stereocenters. The molecule has 3 nitrogen and oxygen atoms in total. The Kier molecular flexibility index (Phi) is 4.39. The Bertz CT molecular complexity index is 436. The average Bonchev–Trinajstić information content (AvgIpc) is 2.36. The minimum atomic E-state index is -2.85. The first-order chi connectivity index (χ1) is 9.92. The molecule has 4 aliphatic carbocycles.